The molecule has 12 heteroatoms. The van der Waals surface area contributed by atoms with E-state index in [-0.39, 0.29) is 48.5 Å². The second kappa shape index (κ2) is 9.89. The summed E-state index contributed by atoms with van der Waals surface area (Å²) in [6.07, 6.45) is 8.37. The molecule has 0 bridgehead atoms. The molecule has 4 aromatic rings. The van der Waals surface area contributed by atoms with Crippen molar-refractivity contribution >= 4 is 40.6 Å². The number of fused-ring (bicyclic) bond motifs is 1. The van der Waals surface area contributed by atoms with E-state index in [9.17, 15) is 18.8 Å². The Morgan fingerprint density at radius 2 is 1.95 bits per heavy atom. The molecule has 0 unspecified atom stereocenters. The van der Waals surface area contributed by atoms with Gasteiger partial charge in [-0.3, -0.25) is 19.4 Å². The van der Waals surface area contributed by atoms with Crippen molar-refractivity contribution in [2.75, 3.05) is 29.1 Å². The van der Waals surface area contributed by atoms with Gasteiger partial charge in [-0.15, -0.1) is 0 Å². The molecular weight excluding hydrogens is 539 g/mol. The topological polar surface area (TPSA) is 125 Å². The number of urea groups is 1. The zero-order valence-corrected chi connectivity index (χ0v) is 23.2. The number of halogens is 1. The van der Waals surface area contributed by atoms with Crippen molar-refractivity contribution in [2.24, 2.45) is 5.92 Å². The number of anilines is 3. The Morgan fingerprint density at radius 1 is 1.12 bits per heavy atom. The number of hydrogen-bond acceptors (Lipinski definition) is 7. The number of imidazole rings is 1. The Morgan fingerprint density at radius 3 is 2.69 bits per heavy atom. The molecule has 3 aliphatic rings. The number of pyridine rings is 1. The quantitative estimate of drug-likeness (QED) is 0.305. The normalized spacial score (nSPS) is 20.0. The van der Waals surface area contributed by atoms with Gasteiger partial charge < -0.3 is 15.0 Å². The van der Waals surface area contributed by atoms with Crippen LogP contribution in [0.1, 0.15) is 53.9 Å². The summed E-state index contributed by atoms with van der Waals surface area (Å²) in [6, 6.07) is 7.78. The predicted molar refractivity (Wildman–Crippen MR) is 153 cm³/mol. The lowest BCUT2D eigenvalue weighted by Gasteiger charge is -2.17. The Labute approximate surface area is 240 Å². The molecule has 214 valence electrons. The van der Waals surface area contributed by atoms with Crippen LogP contribution in [0.5, 0.6) is 0 Å². The van der Waals surface area contributed by atoms with Gasteiger partial charge in [-0.25, -0.2) is 24.1 Å². The first kappa shape index (κ1) is 26.1. The highest BCUT2D eigenvalue weighted by molar-refractivity contribution is 6.13. The number of aryl methyl sites for hydroxylation is 1. The van der Waals surface area contributed by atoms with Crippen molar-refractivity contribution in [3.8, 4) is 0 Å². The van der Waals surface area contributed by atoms with Crippen molar-refractivity contribution < 1.29 is 18.8 Å². The molecule has 4 amide bonds. The molecule has 0 spiro atoms. The highest BCUT2D eigenvalue weighted by Gasteiger charge is 2.46. The Hall–Kier alpha value is -4.87. The maximum absolute atomic E-state index is 14.7. The zero-order valence-electron chi connectivity index (χ0n) is 23.2. The highest BCUT2D eigenvalue weighted by atomic mass is 19.1. The summed E-state index contributed by atoms with van der Waals surface area (Å²) in [7, 11) is 1.47. The Kier molecular flexibility index (Phi) is 6.14. The molecule has 3 fully saturated rings. The zero-order chi connectivity index (χ0) is 29.1. The van der Waals surface area contributed by atoms with Crippen molar-refractivity contribution in [2.45, 2.75) is 44.6 Å². The number of carbonyl (C=O) groups is 3. The Bertz CT molecular complexity index is 1770. The number of amides is 4. The van der Waals surface area contributed by atoms with E-state index in [0.717, 1.165) is 29.0 Å². The maximum atomic E-state index is 14.7. The molecule has 1 aliphatic heterocycles. The minimum Gasteiger partial charge on any atom is -0.377 e. The number of benzene rings is 1. The van der Waals surface area contributed by atoms with Crippen molar-refractivity contribution in [3.63, 3.8) is 0 Å². The van der Waals surface area contributed by atoms with E-state index in [1.54, 1.807) is 12.3 Å². The fourth-order valence-electron chi connectivity index (χ4n) is 5.44. The molecular formula is C30H29FN8O3. The van der Waals surface area contributed by atoms with E-state index >= 15 is 0 Å². The maximum Gasteiger partial charge on any atom is 0.331 e. The fraction of sp³-hybridized carbons (Fsp3) is 0.333. The average Bonchev–Trinajstić information content (AvgIpc) is 3.90. The monoisotopic (exact) mass is 568 g/mol. The number of nitrogens with zero attached hydrogens (tertiary/aromatic N) is 6. The first-order chi connectivity index (χ1) is 20.2. The van der Waals surface area contributed by atoms with Gasteiger partial charge in [0.05, 0.1) is 23.6 Å². The van der Waals surface area contributed by atoms with E-state index in [2.05, 4.69) is 20.6 Å². The van der Waals surface area contributed by atoms with E-state index in [0.29, 0.717) is 40.9 Å². The lowest BCUT2D eigenvalue weighted by molar-refractivity contribution is -0.124. The minimum absolute atomic E-state index is 0.0160. The molecule has 1 aromatic carbocycles. The van der Waals surface area contributed by atoms with Gasteiger partial charge in [0, 0.05) is 48.9 Å². The van der Waals surface area contributed by atoms with E-state index in [4.69, 9.17) is 4.98 Å². The molecule has 42 heavy (non-hydrogen) atoms. The van der Waals surface area contributed by atoms with Crippen LogP contribution in [0.2, 0.25) is 0 Å². The second-order valence-corrected chi connectivity index (χ2v) is 11.3. The summed E-state index contributed by atoms with van der Waals surface area (Å²) in [6.45, 7) is 2.06. The van der Waals surface area contributed by atoms with Gasteiger partial charge in [0.2, 0.25) is 11.8 Å². The lowest BCUT2D eigenvalue weighted by atomic mass is 10.1. The van der Waals surface area contributed by atoms with Crippen LogP contribution in [-0.4, -0.2) is 55.7 Å². The first-order valence-corrected chi connectivity index (χ1v) is 14.0. The van der Waals surface area contributed by atoms with Crippen LogP contribution in [0, 0.1) is 18.7 Å². The standard InChI is InChI=1S/C30H29FN8O3/c1-16-7-8-32-27(34-16)21-11-22(21)29(41)36-19-5-6-23(31)24(10-19)33-12-20-14-38-13-18(17-3-4-17)9-25(28(38)35-20)39-15-26(40)37(2)30(39)42/h5-10,13-14,17,21-22,33H,3-4,11-12,15H2,1-2H3,(H,36,41)/t21-,22-/m0/s1. The van der Waals surface area contributed by atoms with E-state index in [1.165, 1.54) is 24.1 Å². The van der Waals surface area contributed by atoms with Gasteiger partial charge in [0.1, 0.15) is 18.2 Å². The van der Waals surface area contributed by atoms with Gasteiger partial charge in [0.25, 0.3) is 0 Å². The molecule has 1 saturated heterocycles. The van der Waals surface area contributed by atoms with Crippen LogP contribution < -0.4 is 15.5 Å². The van der Waals surface area contributed by atoms with Gasteiger partial charge in [0.15, 0.2) is 5.65 Å². The number of likely N-dealkylation sites (N-methyl/N-ethyl adjacent to an activating group) is 1. The van der Waals surface area contributed by atoms with Crippen LogP contribution >= 0.6 is 0 Å². The van der Waals surface area contributed by atoms with Gasteiger partial charge in [-0.1, -0.05) is 0 Å². The molecule has 2 N–H and O–H groups in total. The number of aromatic nitrogens is 4. The van der Waals surface area contributed by atoms with Crippen molar-refractivity contribution in [1.29, 1.82) is 0 Å². The van der Waals surface area contributed by atoms with Gasteiger partial charge >= 0.3 is 6.03 Å². The molecule has 2 atom stereocenters. The molecule has 11 nitrogen and oxygen atoms in total. The molecule has 2 aliphatic carbocycles. The number of rotatable bonds is 8. The molecule has 2 saturated carbocycles. The third kappa shape index (κ3) is 4.82. The number of imide groups is 1. The molecule has 7 rings (SSSR count). The fourth-order valence-corrected chi connectivity index (χ4v) is 5.44. The van der Waals surface area contributed by atoms with Crippen LogP contribution in [0.15, 0.2) is 48.9 Å². The summed E-state index contributed by atoms with van der Waals surface area (Å²) in [4.78, 5) is 53.9. The van der Waals surface area contributed by atoms with Crippen LogP contribution in [0.4, 0.5) is 26.2 Å². The third-order valence-corrected chi connectivity index (χ3v) is 8.09. The largest absolute Gasteiger partial charge is 0.377 e. The minimum atomic E-state index is -0.463. The van der Waals surface area contributed by atoms with Crippen LogP contribution in [0.3, 0.4) is 0 Å². The number of nitrogens with one attached hydrogen (secondary N) is 2. The lowest BCUT2D eigenvalue weighted by Crippen LogP contribution is -2.30. The second-order valence-electron chi connectivity index (χ2n) is 11.3. The SMILES string of the molecule is Cc1ccnc([C@H]2C[C@@H]2C(=O)Nc2ccc(F)c(NCc3cn4cc(C5CC5)cc(N5CC(=O)N(C)C5=O)c4n3)c2)n1. The summed E-state index contributed by atoms with van der Waals surface area (Å²) >= 11 is 0. The molecule has 4 heterocycles. The van der Waals surface area contributed by atoms with E-state index in [1.807, 2.05) is 35.9 Å². The average molecular weight is 569 g/mol. The number of hydrogen-bond donors (Lipinski definition) is 2. The van der Waals surface area contributed by atoms with Crippen molar-refractivity contribution in [1.82, 2.24) is 24.3 Å². The van der Waals surface area contributed by atoms with E-state index < -0.39 is 5.82 Å². The summed E-state index contributed by atoms with van der Waals surface area (Å²) in [5.41, 5.74) is 4.41. The summed E-state index contributed by atoms with van der Waals surface area (Å²) < 4.78 is 16.6. The highest BCUT2D eigenvalue weighted by Crippen LogP contribution is 2.46. The van der Waals surface area contributed by atoms with Gasteiger partial charge in [-0.2, -0.15) is 0 Å². The summed E-state index contributed by atoms with van der Waals surface area (Å²) in [5.74, 6) is -0.0321. The first-order valence-electron chi connectivity index (χ1n) is 14.0. The van der Waals surface area contributed by atoms with Crippen molar-refractivity contribution in [3.05, 3.63) is 77.5 Å². The van der Waals surface area contributed by atoms with Crippen LogP contribution in [0.25, 0.3) is 5.65 Å². The summed E-state index contributed by atoms with van der Waals surface area (Å²) in [5, 5.41) is 5.97. The predicted octanol–water partition coefficient (Wildman–Crippen LogP) is 4.20. The third-order valence-electron chi connectivity index (χ3n) is 8.09. The van der Waals surface area contributed by atoms with Gasteiger partial charge in [-0.05, 0) is 68.0 Å². The Balaban J connectivity index is 1.07. The molecule has 3 aromatic heterocycles. The number of carbonyl (C=O) groups excluding carboxylic acids is 3. The van der Waals surface area contributed by atoms with Crippen LogP contribution in [-0.2, 0) is 16.1 Å². The smallest absolute Gasteiger partial charge is 0.331 e. The molecule has 0 radical (unpaired) electrons.